The zero-order valence-corrected chi connectivity index (χ0v) is 17.8. The van der Waals surface area contributed by atoms with Crippen LogP contribution in [0.25, 0.3) is 0 Å². The molecule has 0 radical (unpaired) electrons. The third kappa shape index (κ3) is 7.37. The molecule has 0 atom stereocenters. The number of hydrogen-bond donors (Lipinski definition) is 2. The average molecular weight is 420 g/mol. The number of carbonyl (C=O) groups excluding carboxylic acids is 1. The van der Waals surface area contributed by atoms with E-state index in [2.05, 4.69) is 29.4 Å². The largest absolute Gasteiger partial charge is 0.494 e. The van der Waals surface area contributed by atoms with Crippen molar-refractivity contribution >= 4 is 46.2 Å². The van der Waals surface area contributed by atoms with Gasteiger partial charge >= 0.3 is 0 Å². The zero-order valence-electron chi connectivity index (χ0n) is 16.2. The average Bonchev–Trinajstić information content (AvgIpc) is 2.69. The van der Waals surface area contributed by atoms with Gasteiger partial charge < -0.3 is 20.3 Å². The van der Waals surface area contributed by atoms with Gasteiger partial charge in [-0.05, 0) is 81.0 Å². The van der Waals surface area contributed by atoms with Crippen molar-refractivity contribution in [2.75, 3.05) is 29.9 Å². The van der Waals surface area contributed by atoms with E-state index in [0.717, 1.165) is 30.2 Å². The maximum Gasteiger partial charge on any atom is 0.226 e. The minimum Gasteiger partial charge on any atom is -0.494 e. The minimum atomic E-state index is -0.142. The Morgan fingerprint density at radius 1 is 1.07 bits per heavy atom. The van der Waals surface area contributed by atoms with Crippen LogP contribution in [0.15, 0.2) is 48.5 Å². The molecular formula is C21H26ClN3O2S. The predicted molar refractivity (Wildman–Crippen MR) is 121 cm³/mol. The van der Waals surface area contributed by atoms with E-state index in [-0.39, 0.29) is 5.91 Å². The molecular weight excluding hydrogens is 394 g/mol. The normalized spacial score (nSPS) is 10.2. The summed E-state index contributed by atoms with van der Waals surface area (Å²) >= 11 is 11.0. The molecule has 0 unspecified atom stereocenters. The molecule has 0 fully saturated rings. The first kappa shape index (κ1) is 22.0. The molecule has 0 aliphatic rings. The lowest BCUT2D eigenvalue weighted by atomic mass is 10.2. The summed E-state index contributed by atoms with van der Waals surface area (Å²) in [5, 5.41) is 6.68. The summed E-state index contributed by atoms with van der Waals surface area (Å²) in [5.74, 6) is 0.590. The number of halogens is 1. The van der Waals surface area contributed by atoms with Crippen molar-refractivity contribution < 1.29 is 9.53 Å². The molecule has 2 aromatic rings. The summed E-state index contributed by atoms with van der Waals surface area (Å²) < 4.78 is 5.57. The molecule has 0 saturated heterocycles. The van der Waals surface area contributed by atoms with Crippen LogP contribution >= 0.6 is 23.8 Å². The van der Waals surface area contributed by atoms with Crippen LogP contribution in [0.4, 0.5) is 11.4 Å². The Kier molecular flexibility index (Phi) is 9.04. The van der Waals surface area contributed by atoms with Gasteiger partial charge in [-0.2, -0.15) is 0 Å². The van der Waals surface area contributed by atoms with Crippen molar-refractivity contribution in [1.82, 2.24) is 5.32 Å². The summed E-state index contributed by atoms with van der Waals surface area (Å²) in [6.45, 7) is 6.61. The molecule has 2 aromatic carbocycles. The fraction of sp³-hybridized carbons (Fsp3) is 0.333. The highest BCUT2D eigenvalue weighted by atomic mass is 35.5. The molecule has 2 N–H and O–H groups in total. The highest BCUT2D eigenvalue weighted by Crippen LogP contribution is 2.18. The van der Waals surface area contributed by atoms with Crippen molar-refractivity contribution in [3.05, 3.63) is 53.6 Å². The Balaban J connectivity index is 1.69. The maximum atomic E-state index is 12.0. The second-order valence-corrected chi connectivity index (χ2v) is 6.97. The van der Waals surface area contributed by atoms with Crippen LogP contribution in [-0.2, 0) is 4.79 Å². The molecule has 5 nitrogen and oxygen atoms in total. The molecule has 150 valence electrons. The Morgan fingerprint density at radius 2 is 1.71 bits per heavy atom. The van der Waals surface area contributed by atoms with Crippen LogP contribution in [0.2, 0.25) is 5.02 Å². The van der Waals surface area contributed by atoms with Crippen LogP contribution in [-0.4, -0.2) is 30.7 Å². The van der Waals surface area contributed by atoms with Crippen LogP contribution in [0, 0.1) is 0 Å². The fourth-order valence-corrected chi connectivity index (χ4v) is 3.01. The molecule has 0 aromatic heterocycles. The molecule has 0 spiro atoms. The topological polar surface area (TPSA) is 53.6 Å². The lowest BCUT2D eigenvalue weighted by molar-refractivity contribution is -0.119. The van der Waals surface area contributed by atoms with E-state index in [4.69, 9.17) is 28.6 Å². The van der Waals surface area contributed by atoms with Gasteiger partial charge in [0.1, 0.15) is 5.75 Å². The van der Waals surface area contributed by atoms with Gasteiger partial charge in [0.25, 0.3) is 0 Å². The first-order valence-corrected chi connectivity index (χ1v) is 10.1. The fourth-order valence-electron chi connectivity index (χ4n) is 2.65. The van der Waals surface area contributed by atoms with Crippen molar-refractivity contribution in [2.45, 2.75) is 26.7 Å². The number of rotatable bonds is 9. The Bertz CT molecular complexity index is 762. The summed E-state index contributed by atoms with van der Waals surface area (Å²) in [7, 11) is 0. The molecule has 7 heteroatoms. The number of nitrogens with zero attached hydrogens (tertiary/aromatic N) is 1. The van der Waals surface area contributed by atoms with Crippen molar-refractivity contribution in [2.24, 2.45) is 0 Å². The molecule has 0 bridgehead atoms. The van der Waals surface area contributed by atoms with Gasteiger partial charge in [-0.3, -0.25) is 4.79 Å². The molecule has 0 aliphatic carbocycles. The Hall–Kier alpha value is -2.31. The number of hydrogen-bond acceptors (Lipinski definition) is 4. The number of thiocarbonyl (C=S) groups is 1. The summed E-state index contributed by atoms with van der Waals surface area (Å²) in [6.07, 6.45) is 0.923. The first-order chi connectivity index (χ1) is 13.5. The lowest BCUT2D eigenvalue weighted by Gasteiger charge is -2.21. The van der Waals surface area contributed by atoms with Crippen molar-refractivity contribution in [1.29, 1.82) is 0 Å². The Labute approximate surface area is 177 Å². The quantitative estimate of drug-likeness (QED) is 0.449. The van der Waals surface area contributed by atoms with E-state index in [9.17, 15) is 4.79 Å². The molecule has 0 saturated carbocycles. The molecule has 1 amide bonds. The summed E-state index contributed by atoms with van der Waals surface area (Å²) in [5.41, 5.74) is 2.00. The van der Waals surface area contributed by atoms with Gasteiger partial charge in [-0.15, -0.1) is 0 Å². The van der Waals surface area contributed by atoms with Gasteiger partial charge in [0.2, 0.25) is 5.91 Å². The SMILES string of the molecule is CCN(CC)c1ccc(NC(=S)NC(=O)CCCOc2ccc(Cl)cc2)cc1. The highest BCUT2D eigenvalue weighted by molar-refractivity contribution is 7.80. The monoisotopic (exact) mass is 419 g/mol. The number of amides is 1. The maximum absolute atomic E-state index is 12.0. The second-order valence-electron chi connectivity index (χ2n) is 6.13. The third-order valence-corrected chi connectivity index (χ3v) is 4.59. The summed E-state index contributed by atoms with van der Waals surface area (Å²) in [4.78, 5) is 14.3. The van der Waals surface area contributed by atoms with Crippen LogP contribution in [0.1, 0.15) is 26.7 Å². The van der Waals surface area contributed by atoms with Gasteiger partial charge in [-0.1, -0.05) is 11.6 Å². The Morgan fingerprint density at radius 3 is 2.32 bits per heavy atom. The van der Waals surface area contributed by atoms with Gasteiger partial charge in [-0.25, -0.2) is 0 Å². The molecule has 0 heterocycles. The smallest absolute Gasteiger partial charge is 0.226 e. The molecule has 0 aliphatic heterocycles. The third-order valence-electron chi connectivity index (χ3n) is 4.14. The highest BCUT2D eigenvalue weighted by Gasteiger charge is 2.06. The second kappa shape index (κ2) is 11.5. The van der Waals surface area contributed by atoms with E-state index in [1.807, 2.05) is 24.3 Å². The van der Waals surface area contributed by atoms with Crippen LogP contribution in [0.5, 0.6) is 5.75 Å². The number of anilines is 2. The molecule has 2 rings (SSSR count). The predicted octanol–water partition coefficient (Wildman–Crippen LogP) is 4.86. The lowest BCUT2D eigenvalue weighted by Crippen LogP contribution is -2.34. The van der Waals surface area contributed by atoms with Gasteiger partial charge in [0.15, 0.2) is 5.11 Å². The van der Waals surface area contributed by atoms with E-state index in [1.165, 1.54) is 0 Å². The molecule has 28 heavy (non-hydrogen) atoms. The zero-order chi connectivity index (χ0) is 20.4. The van der Waals surface area contributed by atoms with Gasteiger partial charge in [0.05, 0.1) is 6.61 Å². The number of carbonyl (C=O) groups is 1. The number of nitrogens with one attached hydrogen (secondary N) is 2. The van der Waals surface area contributed by atoms with E-state index in [1.54, 1.807) is 24.3 Å². The van der Waals surface area contributed by atoms with Crippen molar-refractivity contribution in [3.63, 3.8) is 0 Å². The summed E-state index contributed by atoms with van der Waals surface area (Å²) in [6, 6.07) is 15.1. The number of ether oxygens (including phenoxy) is 1. The minimum absolute atomic E-state index is 0.142. The van der Waals surface area contributed by atoms with Crippen molar-refractivity contribution in [3.8, 4) is 5.75 Å². The standard InChI is InChI=1S/C21H26ClN3O2S/c1-3-25(4-2)18-11-9-17(10-12-18)23-21(28)24-20(26)6-5-15-27-19-13-7-16(22)8-14-19/h7-14H,3-6,15H2,1-2H3,(H2,23,24,26,28). The first-order valence-electron chi connectivity index (χ1n) is 9.36. The van der Waals surface area contributed by atoms with Gasteiger partial charge in [0, 0.05) is 35.9 Å². The van der Waals surface area contributed by atoms with Crippen LogP contribution < -0.4 is 20.3 Å². The van der Waals surface area contributed by atoms with E-state index >= 15 is 0 Å². The van der Waals surface area contributed by atoms with E-state index in [0.29, 0.717) is 29.6 Å². The van der Waals surface area contributed by atoms with E-state index < -0.39 is 0 Å². The van der Waals surface area contributed by atoms with Crippen LogP contribution in [0.3, 0.4) is 0 Å². The number of benzene rings is 2.